The average molecular weight is 323 g/mol. The molecular formula is C13H20Cl2N2OS. The molecule has 6 heteroatoms. The molecule has 0 saturated carbocycles. The minimum absolute atomic E-state index is 0.0812. The first kappa shape index (κ1) is 16.9. The maximum Gasteiger partial charge on any atom is 0.147 e. The molecule has 1 rings (SSSR count). The molecular weight excluding hydrogens is 303 g/mol. The van der Waals surface area contributed by atoms with Gasteiger partial charge < -0.3 is 0 Å². The van der Waals surface area contributed by atoms with Gasteiger partial charge in [0, 0.05) is 12.2 Å². The van der Waals surface area contributed by atoms with Crippen molar-refractivity contribution in [2.75, 3.05) is 0 Å². The Morgan fingerprint density at radius 2 is 1.89 bits per heavy atom. The lowest BCUT2D eigenvalue weighted by Crippen LogP contribution is -2.37. The van der Waals surface area contributed by atoms with Gasteiger partial charge in [0.2, 0.25) is 0 Å². The second kappa shape index (κ2) is 6.53. The fraction of sp³-hybridized carbons (Fsp3) is 0.615. The molecule has 1 aromatic rings. The number of rotatable bonds is 4. The lowest BCUT2D eigenvalue weighted by molar-refractivity contribution is 0.472. The molecule has 108 valence electrons. The van der Waals surface area contributed by atoms with Gasteiger partial charge in [-0.1, -0.05) is 37.0 Å². The molecule has 0 aliphatic rings. The zero-order chi connectivity index (χ0) is 14.8. The second-order valence-electron chi connectivity index (χ2n) is 5.76. The van der Waals surface area contributed by atoms with Gasteiger partial charge in [-0.2, -0.15) is 0 Å². The van der Waals surface area contributed by atoms with E-state index in [9.17, 15) is 4.21 Å². The number of hydrogen-bond donors (Lipinski definition) is 1. The molecule has 0 aromatic carbocycles. The number of hydrogen-bond acceptors (Lipinski definition) is 2. The highest BCUT2D eigenvalue weighted by molar-refractivity contribution is 7.84. The van der Waals surface area contributed by atoms with Crippen LogP contribution in [-0.4, -0.2) is 13.9 Å². The van der Waals surface area contributed by atoms with Gasteiger partial charge in [-0.05, 0) is 38.3 Å². The maximum atomic E-state index is 12.2. The molecule has 0 aliphatic heterocycles. The van der Waals surface area contributed by atoms with Gasteiger partial charge in [-0.25, -0.2) is 13.9 Å². The average Bonchev–Trinajstić information content (AvgIpc) is 2.27. The lowest BCUT2D eigenvalue weighted by Gasteiger charge is -2.27. The SMILES string of the molecule is CC(C)[C@@H](N[S@](=O)C(C)(C)C)c1cnc(Cl)c(Cl)c1. The Balaban J connectivity index is 3.01. The first-order chi connectivity index (χ1) is 8.62. The molecule has 19 heavy (non-hydrogen) atoms. The van der Waals surface area contributed by atoms with Crippen molar-refractivity contribution in [2.45, 2.75) is 45.4 Å². The largest absolute Gasteiger partial charge is 0.243 e. The van der Waals surface area contributed by atoms with Crippen molar-refractivity contribution in [1.82, 2.24) is 9.71 Å². The number of pyridine rings is 1. The van der Waals surface area contributed by atoms with E-state index >= 15 is 0 Å². The predicted molar refractivity (Wildman–Crippen MR) is 82.9 cm³/mol. The molecule has 1 heterocycles. The van der Waals surface area contributed by atoms with E-state index in [-0.39, 0.29) is 21.9 Å². The van der Waals surface area contributed by atoms with Crippen molar-refractivity contribution < 1.29 is 4.21 Å². The Kier molecular flexibility index (Phi) is 5.80. The molecule has 0 fully saturated rings. The molecule has 0 radical (unpaired) electrons. The number of halogens is 2. The molecule has 0 bridgehead atoms. The van der Waals surface area contributed by atoms with Crippen molar-refractivity contribution in [3.8, 4) is 0 Å². The normalized spacial score (nSPS) is 15.6. The third kappa shape index (κ3) is 4.71. The van der Waals surface area contributed by atoms with Crippen LogP contribution in [0.25, 0.3) is 0 Å². The Morgan fingerprint density at radius 1 is 1.32 bits per heavy atom. The van der Waals surface area contributed by atoms with Crippen LogP contribution in [0.15, 0.2) is 12.3 Å². The van der Waals surface area contributed by atoms with Crippen molar-refractivity contribution in [1.29, 1.82) is 0 Å². The zero-order valence-electron chi connectivity index (χ0n) is 11.8. The third-order valence-electron chi connectivity index (χ3n) is 2.63. The van der Waals surface area contributed by atoms with Crippen LogP contribution in [0.1, 0.15) is 46.2 Å². The lowest BCUT2D eigenvalue weighted by atomic mass is 9.99. The number of aromatic nitrogens is 1. The van der Waals surface area contributed by atoms with E-state index in [1.807, 2.05) is 20.8 Å². The standard InChI is InChI=1S/C13H20Cl2N2OS/c1-8(2)11(17-19(18)13(3,4)5)9-6-10(14)12(15)16-7-9/h6-8,11,17H,1-5H3/t11-,19-/m1/s1. The van der Waals surface area contributed by atoms with E-state index in [2.05, 4.69) is 23.6 Å². The first-order valence-electron chi connectivity index (χ1n) is 6.12. The highest BCUT2D eigenvalue weighted by atomic mass is 35.5. The van der Waals surface area contributed by atoms with Gasteiger partial charge in [0.05, 0.1) is 20.8 Å². The summed E-state index contributed by atoms with van der Waals surface area (Å²) in [5.74, 6) is 0.255. The third-order valence-corrected chi connectivity index (χ3v) is 4.90. The smallest absolute Gasteiger partial charge is 0.147 e. The monoisotopic (exact) mass is 322 g/mol. The van der Waals surface area contributed by atoms with Crippen LogP contribution in [0.4, 0.5) is 0 Å². The Labute approximate surface area is 127 Å². The van der Waals surface area contributed by atoms with E-state index in [0.717, 1.165) is 5.56 Å². The summed E-state index contributed by atoms with van der Waals surface area (Å²) in [5.41, 5.74) is 0.891. The second-order valence-corrected chi connectivity index (χ2v) is 8.53. The van der Waals surface area contributed by atoms with E-state index in [1.54, 1.807) is 12.3 Å². The van der Waals surface area contributed by atoms with Crippen molar-refractivity contribution in [2.24, 2.45) is 5.92 Å². The number of nitrogens with zero attached hydrogens (tertiary/aromatic N) is 1. The molecule has 3 nitrogen and oxygen atoms in total. The van der Waals surface area contributed by atoms with Crippen molar-refractivity contribution in [3.05, 3.63) is 28.0 Å². The summed E-state index contributed by atoms with van der Waals surface area (Å²) < 4.78 is 15.1. The van der Waals surface area contributed by atoms with E-state index in [4.69, 9.17) is 23.2 Å². The summed E-state index contributed by atoms with van der Waals surface area (Å²) >= 11 is 11.8. The fourth-order valence-electron chi connectivity index (χ4n) is 1.49. The molecule has 0 saturated heterocycles. The molecule has 2 atom stereocenters. The molecule has 1 N–H and O–H groups in total. The molecule has 0 aliphatic carbocycles. The van der Waals surface area contributed by atoms with Gasteiger partial charge in [-0.3, -0.25) is 0 Å². The Hall–Kier alpha value is -0.160. The van der Waals surface area contributed by atoms with Gasteiger partial charge >= 0.3 is 0 Å². The first-order valence-corrected chi connectivity index (χ1v) is 8.02. The highest BCUT2D eigenvalue weighted by Gasteiger charge is 2.25. The van der Waals surface area contributed by atoms with Crippen LogP contribution in [0.3, 0.4) is 0 Å². The summed E-state index contributed by atoms with van der Waals surface area (Å²) in [7, 11) is -1.15. The molecule has 0 amide bonds. The van der Waals surface area contributed by atoms with E-state index in [1.165, 1.54) is 0 Å². The molecule has 0 spiro atoms. The van der Waals surface area contributed by atoms with Crippen molar-refractivity contribution in [3.63, 3.8) is 0 Å². The minimum Gasteiger partial charge on any atom is -0.243 e. The Bertz CT molecular complexity index is 472. The van der Waals surface area contributed by atoms with Gasteiger partial charge in [0.25, 0.3) is 0 Å². The van der Waals surface area contributed by atoms with Crippen LogP contribution < -0.4 is 4.72 Å². The summed E-state index contributed by atoms with van der Waals surface area (Å²) in [4.78, 5) is 4.05. The van der Waals surface area contributed by atoms with Gasteiger partial charge in [0.15, 0.2) is 0 Å². The van der Waals surface area contributed by atoms with Gasteiger partial charge in [-0.15, -0.1) is 0 Å². The molecule has 1 aromatic heterocycles. The van der Waals surface area contributed by atoms with Crippen molar-refractivity contribution >= 4 is 34.2 Å². The fourth-order valence-corrected chi connectivity index (χ4v) is 2.76. The van der Waals surface area contributed by atoms with E-state index < -0.39 is 11.0 Å². The van der Waals surface area contributed by atoms with Gasteiger partial charge in [0.1, 0.15) is 5.15 Å². The predicted octanol–water partition coefficient (Wildman–Crippen LogP) is 4.14. The molecule has 0 unspecified atom stereocenters. The summed E-state index contributed by atoms with van der Waals surface area (Å²) in [5, 5.41) is 0.693. The zero-order valence-corrected chi connectivity index (χ0v) is 14.2. The summed E-state index contributed by atoms with van der Waals surface area (Å²) in [6, 6.07) is 1.69. The Morgan fingerprint density at radius 3 is 2.32 bits per heavy atom. The van der Waals surface area contributed by atoms with Crippen LogP contribution in [0.5, 0.6) is 0 Å². The highest BCUT2D eigenvalue weighted by Crippen LogP contribution is 2.28. The van der Waals surface area contributed by atoms with Crippen LogP contribution in [0, 0.1) is 5.92 Å². The van der Waals surface area contributed by atoms with E-state index in [0.29, 0.717) is 5.02 Å². The topological polar surface area (TPSA) is 42.0 Å². The van der Waals surface area contributed by atoms with Crippen LogP contribution in [-0.2, 0) is 11.0 Å². The maximum absolute atomic E-state index is 12.2. The number of nitrogens with one attached hydrogen (secondary N) is 1. The van der Waals surface area contributed by atoms with Crippen LogP contribution in [0.2, 0.25) is 10.2 Å². The minimum atomic E-state index is -1.15. The quantitative estimate of drug-likeness (QED) is 0.846. The summed E-state index contributed by atoms with van der Waals surface area (Å²) in [6.07, 6.45) is 1.67. The van der Waals surface area contributed by atoms with Crippen LogP contribution >= 0.6 is 23.2 Å². The summed E-state index contributed by atoms with van der Waals surface area (Å²) in [6.45, 7) is 9.90.